The zero-order valence-electron chi connectivity index (χ0n) is 7.54. The van der Waals surface area contributed by atoms with E-state index in [0.717, 1.165) is 25.9 Å². The Balaban J connectivity index is -0.000000333. The Morgan fingerprint density at radius 2 is 1.69 bits per heavy atom. The third kappa shape index (κ3) is 6.38. The summed E-state index contributed by atoms with van der Waals surface area (Å²) >= 11 is 0. The van der Waals surface area contributed by atoms with Crippen molar-refractivity contribution in [2.75, 3.05) is 20.1 Å². The van der Waals surface area contributed by atoms with Gasteiger partial charge in [-0.1, -0.05) is 0 Å². The van der Waals surface area contributed by atoms with Crippen LogP contribution in [0.1, 0.15) is 12.8 Å². The zero-order valence-corrected chi connectivity index (χ0v) is 9.99. The smallest absolute Gasteiger partial charge is 0.222 e. The van der Waals surface area contributed by atoms with Crippen molar-refractivity contribution in [2.24, 2.45) is 5.92 Å². The minimum Gasteiger partial charge on any atom is -0.359 e. The molecular weight excluding hydrogens is 234 g/mol. The van der Waals surface area contributed by atoms with Crippen LogP contribution in [0.5, 0.6) is 0 Å². The van der Waals surface area contributed by atoms with E-state index in [2.05, 4.69) is 10.6 Å². The molecule has 1 rings (SSSR count). The quantitative estimate of drug-likeness (QED) is 0.730. The van der Waals surface area contributed by atoms with Crippen LogP contribution < -0.4 is 10.6 Å². The molecule has 6 heteroatoms. The molecule has 0 atom stereocenters. The van der Waals surface area contributed by atoms with Gasteiger partial charge < -0.3 is 10.6 Å². The van der Waals surface area contributed by atoms with Crippen LogP contribution in [0, 0.1) is 5.92 Å². The number of carbonyl (C=O) groups excluding carboxylic acids is 1. The fourth-order valence-corrected chi connectivity index (χ4v) is 1.29. The largest absolute Gasteiger partial charge is 0.359 e. The molecule has 82 valence electrons. The fraction of sp³-hybridized carbons (Fsp3) is 0.857. The molecule has 0 aliphatic carbocycles. The maximum Gasteiger partial charge on any atom is 0.222 e. The fourth-order valence-electron chi connectivity index (χ4n) is 1.29. The summed E-state index contributed by atoms with van der Waals surface area (Å²) in [5.41, 5.74) is 0. The maximum absolute atomic E-state index is 11.0. The molecule has 13 heavy (non-hydrogen) atoms. The van der Waals surface area contributed by atoms with Gasteiger partial charge >= 0.3 is 0 Å². The molecule has 0 aromatic rings. The number of carbonyl (C=O) groups is 1. The highest BCUT2D eigenvalue weighted by Crippen LogP contribution is 2.10. The van der Waals surface area contributed by atoms with Gasteiger partial charge in [-0.2, -0.15) is 0 Å². The Morgan fingerprint density at radius 1 is 1.23 bits per heavy atom. The SMILES string of the molecule is CNC(=O)C1CCNCC1.Cl.Cl.Cl. The normalized spacial score (nSPS) is 15.8. The van der Waals surface area contributed by atoms with Gasteiger partial charge in [-0.05, 0) is 25.9 Å². The lowest BCUT2D eigenvalue weighted by Gasteiger charge is -2.20. The number of halogens is 3. The van der Waals surface area contributed by atoms with Crippen LogP contribution in [-0.2, 0) is 4.79 Å². The van der Waals surface area contributed by atoms with E-state index in [0.29, 0.717) is 0 Å². The highest BCUT2D eigenvalue weighted by molar-refractivity contribution is 5.86. The van der Waals surface area contributed by atoms with Crippen molar-refractivity contribution >= 4 is 43.1 Å². The first-order valence-electron chi connectivity index (χ1n) is 3.77. The molecule has 1 aliphatic rings. The average molecular weight is 252 g/mol. The van der Waals surface area contributed by atoms with Gasteiger partial charge in [-0.15, -0.1) is 37.2 Å². The van der Waals surface area contributed by atoms with Crippen LogP contribution in [0.25, 0.3) is 0 Å². The van der Waals surface area contributed by atoms with E-state index < -0.39 is 0 Å². The summed E-state index contributed by atoms with van der Waals surface area (Å²) in [4.78, 5) is 11.0. The molecule has 1 aliphatic heterocycles. The lowest BCUT2D eigenvalue weighted by atomic mass is 9.97. The summed E-state index contributed by atoms with van der Waals surface area (Å²) in [5, 5.41) is 5.88. The minimum absolute atomic E-state index is 0. The average Bonchev–Trinajstić information content (AvgIpc) is 2.05. The van der Waals surface area contributed by atoms with Crippen LogP contribution in [0.15, 0.2) is 0 Å². The van der Waals surface area contributed by atoms with E-state index >= 15 is 0 Å². The predicted octanol–water partition coefficient (Wildman–Crippen LogP) is 0.997. The number of rotatable bonds is 1. The van der Waals surface area contributed by atoms with Crippen molar-refractivity contribution in [3.63, 3.8) is 0 Å². The van der Waals surface area contributed by atoms with Crippen molar-refractivity contribution in [1.82, 2.24) is 10.6 Å². The van der Waals surface area contributed by atoms with Gasteiger partial charge in [0.1, 0.15) is 0 Å². The standard InChI is InChI=1S/C7H14N2O.3ClH/c1-8-7(10)6-2-4-9-5-3-6;;;/h6,9H,2-5H2,1H3,(H,8,10);3*1H. The molecule has 0 saturated carbocycles. The van der Waals surface area contributed by atoms with Gasteiger partial charge in [0.15, 0.2) is 0 Å². The predicted molar refractivity (Wildman–Crippen MR) is 61.4 cm³/mol. The maximum atomic E-state index is 11.0. The Labute approximate surface area is 97.6 Å². The van der Waals surface area contributed by atoms with Gasteiger partial charge in [-0.25, -0.2) is 0 Å². The van der Waals surface area contributed by atoms with Gasteiger partial charge in [0, 0.05) is 13.0 Å². The van der Waals surface area contributed by atoms with Crippen LogP contribution >= 0.6 is 37.2 Å². The molecule has 1 fully saturated rings. The summed E-state index contributed by atoms with van der Waals surface area (Å²) in [6.07, 6.45) is 1.97. The summed E-state index contributed by atoms with van der Waals surface area (Å²) in [5.74, 6) is 0.452. The summed E-state index contributed by atoms with van der Waals surface area (Å²) in [6.45, 7) is 1.97. The molecule has 0 radical (unpaired) electrons. The first-order valence-corrected chi connectivity index (χ1v) is 3.77. The monoisotopic (exact) mass is 250 g/mol. The van der Waals surface area contributed by atoms with Crippen molar-refractivity contribution in [1.29, 1.82) is 0 Å². The second kappa shape index (κ2) is 10.4. The van der Waals surface area contributed by atoms with E-state index in [-0.39, 0.29) is 49.0 Å². The molecule has 1 amide bonds. The second-order valence-electron chi connectivity index (χ2n) is 2.64. The molecule has 0 bridgehead atoms. The van der Waals surface area contributed by atoms with Crippen molar-refractivity contribution in [3.8, 4) is 0 Å². The third-order valence-electron chi connectivity index (χ3n) is 1.96. The number of hydrogen-bond donors (Lipinski definition) is 2. The van der Waals surface area contributed by atoms with Gasteiger partial charge in [0.05, 0.1) is 0 Å². The van der Waals surface area contributed by atoms with Crippen molar-refractivity contribution < 1.29 is 4.79 Å². The van der Waals surface area contributed by atoms with Crippen LogP contribution in [-0.4, -0.2) is 26.0 Å². The topological polar surface area (TPSA) is 41.1 Å². The number of piperidine rings is 1. The molecule has 0 aromatic carbocycles. The molecule has 1 saturated heterocycles. The van der Waals surface area contributed by atoms with Crippen molar-refractivity contribution in [2.45, 2.75) is 12.8 Å². The lowest BCUT2D eigenvalue weighted by molar-refractivity contribution is -0.125. The van der Waals surface area contributed by atoms with E-state index in [1.54, 1.807) is 7.05 Å². The van der Waals surface area contributed by atoms with Crippen LogP contribution in [0.4, 0.5) is 0 Å². The summed E-state index contributed by atoms with van der Waals surface area (Å²) in [6, 6.07) is 0. The molecule has 3 nitrogen and oxygen atoms in total. The number of amides is 1. The minimum atomic E-state index is 0. The molecule has 1 heterocycles. The summed E-state index contributed by atoms with van der Waals surface area (Å²) < 4.78 is 0. The second-order valence-corrected chi connectivity index (χ2v) is 2.64. The van der Waals surface area contributed by atoms with Gasteiger partial charge in [0.2, 0.25) is 5.91 Å². The highest BCUT2D eigenvalue weighted by atomic mass is 35.5. The number of hydrogen-bond acceptors (Lipinski definition) is 2. The Hall–Kier alpha value is 0.300. The Bertz CT molecular complexity index is 129. The first kappa shape index (κ1) is 19.0. The van der Waals surface area contributed by atoms with E-state index in [9.17, 15) is 4.79 Å². The third-order valence-corrected chi connectivity index (χ3v) is 1.96. The molecular formula is C7H17Cl3N2O. The number of nitrogens with one attached hydrogen (secondary N) is 2. The molecule has 0 aromatic heterocycles. The van der Waals surface area contributed by atoms with Gasteiger partial charge in [-0.3, -0.25) is 4.79 Å². The van der Waals surface area contributed by atoms with E-state index in [4.69, 9.17) is 0 Å². The Morgan fingerprint density at radius 3 is 2.08 bits per heavy atom. The van der Waals surface area contributed by atoms with Crippen molar-refractivity contribution in [3.05, 3.63) is 0 Å². The van der Waals surface area contributed by atoms with Gasteiger partial charge in [0.25, 0.3) is 0 Å². The van der Waals surface area contributed by atoms with Crippen LogP contribution in [0.3, 0.4) is 0 Å². The molecule has 0 spiro atoms. The zero-order chi connectivity index (χ0) is 7.40. The summed E-state index contributed by atoms with van der Waals surface area (Å²) in [7, 11) is 1.70. The first-order chi connectivity index (χ1) is 4.84. The van der Waals surface area contributed by atoms with Crippen LogP contribution in [0.2, 0.25) is 0 Å². The molecule has 0 unspecified atom stereocenters. The lowest BCUT2D eigenvalue weighted by Crippen LogP contribution is -2.36. The highest BCUT2D eigenvalue weighted by Gasteiger charge is 2.18. The van der Waals surface area contributed by atoms with E-state index in [1.807, 2.05) is 0 Å². The molecule has 2 N–H and O–H groups in total. The Kier molecular flexibility index (Phi) is 15.1. The van der Waals surface area contributed by atoms with E-state index in [1.165, 1.54) is 0 Å².